The summed E-state index contributed by atoms with van der Waals surface area (Å²) in [6.07, 6.45) is -3.81. The van der Waals surface area contributed by atoms with Gasteiger partial charge in [-0.25, -0.2) is 4.79 Å². The predicted molar refractivity (Wildman–Crippen MR) is 112 cm³/mol. The summed E-state index contributed by atoms with van der Waals surface area (Å²) in [6.45, 7) is 7.42. The number of carbonyl (C=O) groups excluding carboxylic acids is 4. The number of H-pyrrole nitrogens is 1. The molecule has 1 aliphatic heterocycles. The van der Waals surface area contributed by atoms with Crippen LogP contribution in [0.3, 0.4) is 0 Å². The molecular formula is C21H28N2O11. The van der Waals surface area contributed by atoms with Crippen LogP contribution in [-0.2, 0) is 49.6 Å². The van der Waals surface area contributed by atoms with Crippen LogP contribution in [0.25, 0.3) is 0 Å². The Morgan fingerprint density at radius 1 is 0.971 bits per heavy atom. The quantitative estimate of drug-likeness (QED) is 0.407. The van der Waals surface area contributed by atoms with Crippen molar-refractivity contribution in [2.45, 2.75) is 72.7 Å². The second-order valence-electron chi connectivity index (χ2n) is 8.67. The Morgan fingerprint density at radius 3 is 2.09 bits per heavy atom. The fourth-order valence-corrected chi connectivity index (χ4v) is 3.14. The number of ether oxygens (including phenoxy) is 5. The van der Waals surface area contributed by atoms with E-state index in [-0.39, 0.29) is 12.2 Å². The second kappa shape index (κ2) is 10.6. The minimum absolute atomic E-state index is 0.167. The van der Waals surface area contributed by atoms with Gasteiger partial charge in [-0.3, -0.25) is 33.5 Å². The van der Waals surface area contributed by atoms with Crippen molar-refractivity contribution >= 4 is 23.9 Å². The molecule has 1 saturated heterocycles. The maximum absolute atomic E-state index is 12.6. The Labute approximate surface area is 194 Å². The molecule has 1 N–H and O–H groups in total. The maximum atomic E-state index is 12.6. The van der Waals surface area contributed by atoms with Gasteiger partial charge in [0, 0.05) is 27.0 Å². The third-order valence-electron chi connectivity index (χ3n) is 4.66. The molecule has 1 aromatic heterocycles. The summed E-state index contributed by atoms with van der Waals surface area (Å²) in [5.74, 6) is -2.71. The average molecular weight is 484 g/mol. The lowest BCUT2D eigenvalue weighted by atomic mass is 9.98. The number of rotatable bonds is 7. The molecular weight excluding hydrogens is 456 g/mol. The smallest absolute Gasteiger partial charge is 0.331 e. The summed E-state index contributed by atoms with van der Waals surface area (Å²) in [4.78, 5) is 73.7. The van der Waals surface area contributed by atoms with Gasteiger partial charge in [0.05, 0.1) is 11.0 Å². The largest absolute Gasteiger partial charge is 0.463 e. The molecule has 1 aliphatic rings. The van der Waals surface area contributed by atoms with Gasteiger partial charge in [0.1, 0.15) is 18.8 Å². The Kier molecular flexibility index (Phi) is 8.37. The van der Waals surface area contributed by atoms with Crippen molar-refractivity contribution in [1.82, 2.24) is 9.55 Å². The third-order valence-corrected chi connectivity index (χ3v) is 4.66. The summed E-state index contributed by atoms with van der Waals surface area (Å²) in [7, 11) is 0. The Bertz CT molecular complexity index is 1070. The van der Waals surface area contributed by atoms with E-state index < -0.39 is 71.7 Å². The monoisotopic (exact) mass is 484 g/mol. The van der Waals surface area contributed by atoms with Crippen molar-refractivity contribution in [1.29, 1.82) is 0 Å². The minimum Gasteiger partial charge on any atom is -0.463 e. The highest BCUT2D eigenvalue weighted by Gasteiger charge is 2.51. The number of aromatic nitrogens is 2. The van der Waals surface area contributed by atoms with Gasteiger partial charge in [-0.2, -0.15) is 0 Å². The summed E-state index contributed by atoms with van der Waals surface area (Å²) in [6, 6.07) is 0. The summed E-state index contributed by atoms with van der Waals surface area (Å²) in [5, 5.41) is 0. The second-order valence-corrected chi connectivity index (χ2v) is 8.67. The molecule has 4 atom stereocenters. The molecule has 0 saturated carbocycles. The lowest BCUT2D eigenvalue weighted by Crippen LogP contribution is -2.41. The van der Waals surface area contributed by atoms with Gasteiger partial charge in [0.25, 0.3) is 5.56 Å². The molecule has 13 heteroatoms. The van der Waals surface area contributed by atoms with Crippen LogP contribution in [0.1, 0.15) is 53.2 Å². The number of aromatic amines is 1. The van der Waals surface area contributed by atoms with Crippen LogP contribution >= 0.6 is 0 Å². The van der Waals surface area contributed by atoms with E-state index in [1.807, 2.05) is 0 Å². The van der Waals surface area contributed by atoms with E-state index in [9.17, 15) is 28.8 Å². The van der Waals surface area contributed by atoms with Crippen LogP contribution in [0.15, 0.2) is 15.8 Å². The van der Waals surface area contributed by atoms with Crippen molar-refractivity contribution in [3.05, 3.63) is 32.6 Å². The first kappa shape index (κ1) is 26.8. The van der Waals surface area contributed by atoms with E-state index in [1.54, 1.807) is 20.8 Å². The number of nitrogens with zero attached hydrogens (tertiary/aromatic N) is 1. The maximum Gasteiger partial charge on any atom is 0.331 e. The van der Waals surface area contributed by atoms with Gasteiger partial charge in [0.15, 0.2) is 18.9 Å². The Balaban J connectivity index is 2.46. The lowest BCUT2D eigenvalue weighted by Gasteiger charge is -2.23. The van der Waals surface area contributed by atoms with Gasteiger partial charge in [-0.05, 0) is 20.8 Å². The van der Waals surface area contributed by atoms with E-state index in [4.69, 9.17) is 23.7 Å². The molecule has 0 aliphatic carbocycles. The van der Waals surface area contributed by atoms with Crippen LogP contribution in [0.4, 0.5) is 0 Å². The molecule has 2 heterocycles. The summed E-state index contributed by atoms with van der Waals surface area (Å²) in [5.41, 5.74) is -2.71. The zero-order valence-electron chi connectivity index (χ0n) is 19.7. The normalized spacial score (nSPS) is 22.1. The minimum atomic E-state index is -1.30. The molecule has 2 unspecified atom stereocenters. The molecule has 1 fully saturated rings. The van der Waals surface area contributed by atoms with Crippen molar-refractivity contribution in [3.63, 3.8) is 0 Å². The van der Waals surface area contributed by atoms with Gasteiger partial charge >= 0.3 is 29.6 Å². The third kappa shape index (κ3) is 6.76. The number of nitrogens with one attached hydrogen (secondary N) is 1. The first-order chi connectivity index (χ1) is 15.7. The lowest BCUT2D eigenvalue weighted by molar-refractivity contribution is -0.165. The van der Waals surface area contributed by atoms with Crippen LogP contribution in [0, 0.1) is 5.41 Å². The SMILES string of the molecule is CC(=O)OC[C@H]1O[C@@H](c2cn(COC(=O)C(C)(C)C)c(=O)[nH]c2=O)C(OC(C)=O)C1OC(C)=O. The first-order valence-electron chi connectivity index (χ1n) is 10.3. The van der Waals surface area contributed by atoms with Crippen LogP contribution in [0.5, 0.6) is 0 Å². The first-order valence-corrected chi connectivity index (χ1v) is 10.3. The molecule has 0 aromatic carbocycles. The Morgan fingerprint density at radius 2 is 1.56 bits per heavy atom. The molecule has 0 radical (unpaired) electrons. The van der Waals surface area contributed by atoms with Crippen LogP contribution in [0.2, 0.25) is 0 Å². The zero-order valence-corrected chi connectivity index (χ0v) is 19.7. The molecule has 34 heavy (non-hydrogen) atoms. The average Bonchev–Trinajstić information content (AvgIpc) is 3.00. The fourth-order valence-electron chi connectivity index (χ4n) is 3.14. The van der Waals surface area contributed by atoms with Gasteiger partial charge in [-0.15, -0.1) is 0 Å². The molecule has 2 rings (SSSR count). The zero-order chi connectivity index (χ0) is 25.8. The van der Waals surface area contributed by atoms with Crippen molar-refractivity contribution < 1.29 is 42.9 Å². The van der Waals surface area contributed by atoms with E-state index in [0.717, 1.165) is 31.5 Å². The molecule has 0 amide bonds. The number of esters is 4. The van der Waals surface area contributed by atoms with Gasteiger partial charge in [-0.1, -0.05) is 0 Å². The Hall–Kier alpha value is -3.48. The van der Waals surface area contributed by atoms with Crippen molar-refractivity contribution in [2.75, 3.05) is 6.61 Å². The van der Waals surface area contributed by atoms with Crippen molar-refractivity contribution in [2.24, 2.45) is 5.41 Å². The van der Waals surface area contributed by atoms with Crippen LogP contribution in [-0.4, -0.2) is 58.3 Å². The van der Waals surface area contributed by atoms with Crippen LogP contribution < -0.4 is 11.2 Å². The fraction of sp³-hybridized carbons (Fsp3) is 0.619. The highest BCUT2D eigenvalue weighted by molar-refractivity contribution is 5.75. The molecule has 0 spiro atoms. The molecule has 1 aromatic rings. The van der Waals surface area contributed by atoms with E-state index in [2.05, 4.69) is 4.98 Å². The van der Waals surface area contributed by atoms with E-state index >= 15 is 0 Å². The van der Waals surface area contributed by atoms with E-state index in [1.165, 1.54) is 0 Å². The molecule has 0 bridgehead atoms. The highest BCUT2D eigenvalue weighted by atomic mass is 16.6. The summed E-state index contributed by atoms with van der Waals surface area (Å²) < 4.78 is 27.4. The topological polar surface area (TPSA) is 169 Å². The molecule has 13 nitrogen and oxygen atoms in total. The van der Waals surface area contributed by atoms with E-state index in [0.29, 0.717) is 0 Å². The van der Waals surface area contributed by atoms with Gasteiger partial charge < -0.3 is 23.7 Å². The van der Waals surface area contributed by atoms with Gasteiger partial charge in [0.2, 0.25) is 0 Å². The highest BCUT2D eigenvalue weighted by Crippen LogP contribution is 2.36. The number of hydrogen-bond donors (Lipinski definition) is 1. The predicted octanol–water partition coefficient (Wildman–Crippen LogP) is -0.0502. The number of hydrogen-bond acceptors (Lipinski definition) is 11. The number of carbonyl (C=O) groups is 4. The van der Waals surface area contributed by atoms with Crippen molar-refractivity contribution in [3.8, 4) is 0 Å². The molecule has 188 valence electrons. The standard InChI is InChI=1S/C21H28N2O11/c1-10(24)30-8-14-16(32-11(2)25)17(33-12(3)26)15(34-14)13-7-23(20(29)22-18(13)27)9-31-19(28)21(4,5)6/h7,14-17H,8-9H2,1-6H3,(H,22,27,29)/t14-,15+,16?,17?/m1/s1. The summed E-state index contributed by atoms with van der Waals surface area (Å²) >= 11 is 0.